The number of carbonyl (C=O) groups is 3. The Labute approximate surface area is 182 Å². The number of nitrogens with zero attached hydrogens (tertiary/aromatic N) is 2. The Balaban J connectivity index is 1.93. The molecule has 0 aromatic heterocycles. The monoisotopic (exact) mass is 442 g/mol. The maximum atomic E-state index is 14.2. The standard InChI is InChI=1S/C22H19FN2O5S/c1-3-30-21(28)14-8-10-16(11-9-14)24-22-25(13-15-6-4-5-7-17(15)23)20(27)18(31-22)12-19(26)29-2/h4-12H,3,13H2,1-2H3/b18-12+,24-22?. The summed E-state index contributed by atoms with van der Waals surface area (Å²) in [6.45, 7) is 1.93. The summed E-state index contributed by atoms with van der Waals surface area (Å²) < 4.78 is 23.7. The largest absolute Gasteiger partial charge is 0.466 e. The van der Waals surface area contributed by atoms with Crippen molar-refractivity contribution in [3.63, 3.8) is 0 Å². The van der Waals surface area contributed by atoms with Crippen molar-refractivity contribution in [3.8, 4) is 0 Å². The molecule has 0 unspecified atom stereocenters. The van der Waals surface area contributed by atoms with Crippen LogP contribution in [0, 0.1) is 5.82 Å². The van der Waals surface area contributed by atoms with Gasteiger partial charge in [-0.3, -0.25) is 9.69 Å². The molecule has 0 bridgehead atoms. The zero-order valence-electron chi connectivity index (χ0n) is 16.8. The van der Waals surface area contributed by atoms with Gasteiger partial charge in [-0.15, -0.1) is 0 Å². The molecule has 160 valence electrons. The molecule has 3 rings (SSSR count). The zero-order chi connectivity index (χ0) is 22.4. The van der Waals surface area contributed by atoms with E-state index in [1.807, 2.05) is 0 Å². The van der Waals surface area contributed by atoms with Gasteiger partial charge in [0.1, 0.15) is 5.82 Å². The summed E-state index contributed by atoms with van der Waals surface area (Å²) in [6.07, 6.45) is 1.08. The van der Waals surface area contributed by atoms with Crippen molar-refractivity contribution < 1.29 is 28.2 Å². The minimum atomic E-state index is -0.679. The van der Waals surface area contributed by atoms with Gasteiger partial charge in [0, 0.05) is 11.6 Å². The van der Waals surface area contributed by atoms with Crippen molar-refractivity contribution in [2.24, 2.45) is 4.99 Å². The molecule has 1 aliphatic heterocycles. The van der Waals surface area contributed by atoms with Crippen LogP contribution in [0.3, 0.4) is 0 Å². The van der Waals surface area contributed by atoms with Gasteiger partial charge < -0.3 is 9.47 Å². The number of carbonyl (C=O) groups excluding carboxylic acids is 3. The number of hydrogen-bond donors (Lipinski definition) is 0. The minimum absolute atomic E-state index is 0.0588. The van der Waals surface area contributed by atoms with Crippen molar-refractivity contribution in [1.29, 1.82) is 0 Å². The molecule has 0 saturated carbocycles. The van der Waals surface area contributed by atoms with Crippen LogP contribution in [-0.2, 0) is 25.6 Å². The molecule has 9 heteroatoms. The minimum Gasteiger partial charge on any atom is -0.466 e. The fourth-order valence-corrected chi connectivity index (χ4v) is 3.65. The molecule has 1 aliphatic rings. The molecule has 7 nitrogen and oxygen atoms in total. The molecule has 1 saturated heterocycles. The lowest BCUT2D eigenvalue weighted by Crippen LogP contribution is -2.29. The van der Waals surface area contributed by atoms with Crippen molar-refractivity contribution in [1.82, 2.24) is 4.90 Å². The van der Waals surface area contributed by atoms with E-state index in [-0.39, 0.29) is 23.2 Å². The predicted octanol–water partition coefficient (Wildman–Crippen LogP) is 3.82. The molecule has 0 atom stereocenters. The smallest absolute Gasteiger partial charge is 0.338 e. The highest BCUT2D eigenvalue weighted by molar-refractivity contribution is 8.18. The fourth-order valence-electron chi connectivity index (χ4n) is 2.69. The first-order chi connectivity index (χ1) is 14.9. The number of thioether (sulfide) groups is 1. The highest BCUT2D eigenvalue weighted by atomic mass is 32.2. The highest BCUT2D eigenvalue weighted by Gasteiger charge is 2.34. The molecular formula is C22H19FN2O5S. The second kappa shape index (κ2) is 10.0. The van der Waals surface area contributed by atoms with Crippen LogP contribution in [0.5, 0.6) is 0 Å². The Hall–Kier alpha value is -3.46. The summed E-state index contributed by atoms with van der Waals surface area (Å²) in [5, 5.41) is 0.271. The van der Waals surface area contributed by atoms with E-state index in [0.29, 0.717) is 16.8 Å². The number of esters is 2. The molecule has 1 heterocycles. The maximum Gasteiger partial charge on any atom is 0.338 e. The molecule has 1 fully saturated rings. The van der Waals surface area contributed by atoms with Crippen LogP contribution in [0.15, 0.2) is 64.5 Å². The first-order valence-corrected chi connectivity index (χ1v) is 10.1. The Kier molecular flexibility index (Phi) is 7.19. The molecule has 2 aromatic rings. The molecule has 0 spiro atoms. The van der Waals surface area contributed by atoms with Crippen LogP contribution in [0.2, 0.25) is 0 Å². The van der Waals surface area contributed by atoms with Gasteiger partial charge in [-0.05, 0) is 49.0 Å². The summed E-state index contributed by atoms with van der Waals surface area (Å²) in [6, 6.07) is 12.4. The van der Waals surface area contributed by atoms with Crippen LogP contribution >= 0.6 is 11.8 Å². The normalized spacial score (nSPS) is 16.1. The van der Waals surface area contributed by atoms with Gasteiger partial charge in [-0.2, -0.15) is 0 Å². The lowest BCUT2D eigenvalue weighted by Gasteiger charge is -2.16. The predicted molar refractivity (Wildman–Crippen MR) is 114 cm³/mol. The van der Waals surface area contributed by atoms with E-state index in [1.54, 1.807) is 49.4 Å². The summed E-state index contributed by atoms with van der Waals surface area (Å²) >= 11 is 0.982. The van der Waals surface area contributed by atoms with E-state index in [2.05, 4.69) is 9.73 Å². The van der Waals surface area contributed by atoms with Crippen LogP contribution < -0.4 is 0 Å². The first kappa shape index (κ1) is 22.2. The number of amidine groups is 1. The average molecular weight is 442 g/mol. The first-order valence-electron chi connectivity index (χ1n) is 9.31. The summed E-state index contributed by atoms with van der Waals surface area (Å²) in [5.74, 6) is -2.07. The number of ether oxygens (including phenoxy) is 2. The molecule has 0 N–H and O–H groups in total. The number of halogens is 1. The third-order valence-corrected chi connectivity index (χ3v) is 5.23. The van der Waals surface area contributed by atoms with E-state index in [0.717, 1.165) is 17.8 Å². The fraction of sp³-hybridized carbons (Fsp3) is 0.182. The number of amides is 1. The lowest BCUT2D eigenvalue weighted by molar-refractivity contribution is -0.135. The van der Waals surface area contributed by atoms with E-state index in [1.165, 1.54) is 18.1 Å². The van der Waals surface area contributed by atoms with Gasteiger partial charge in [0.2, 0.25) is 0 Å². The molecule has 1 amide bonds. The molecule has 2 aromatic carbocycles. The third kappa shape index (κ3) is 5.37. The third-order valence-electron chi connectivity index (χ3n) is 4.23. The Morgan fingerprint density at radius 2 is 1.87 bits per heavy atom. The Bertz CT molecular complexity index is 1070. The van der Waals surface area contributed by atoms with E-state index >= 15 is 0 Å². The number of aliphatic imine (C=N–C) groups is 1. The number of benzene rings is 2. The second-order valence-electron chi connectivity index (χ2n) is 6.28. The second-order valence-corrected chi connectivity index (χ2v) is 7.29. The molecule has 0 radical (unpaired) electrons. The van der Waals surface area contributed by atoms with Crippen LogP contribution in [-0.4, -0.2) is 41.6 Å². The van der Waals surface area contributed by atoms with Gasteiger partial charge in [-0.25, -0.2) is 19.0 Å². The number of hydrogen-bond acceptors (Lipinski definition) is 7. The number of methoxy groups -OCH3 is 1. The van der Waals surface area contributed by atoms with E-state index in [9.17, 15) is 18.8 Å². The van der Waals surface area contributed by atoms with Gasteiger partial charge in [-0.1, -0.05) is 18.2 Å². The van der Waals surface area contributed by atoms with Gasteiger partial charge in [0.15, 0.2) is 5.17 Å². The van der Waals surface area contributed by atoms with Crippen molar-refractivity contribution in [2.45, 2.75) is 13.5 Å². The summed E-state index contributed by atoms with van der Waals surface area (Å²) in [4.78, 5) is 42.1. The van der Waals surface area contributed by atoms with Crippen molar-refractivity contribution >= 4 is 40.5 Å². The molecule has 0 aliphatic carbocycles. The highest BCUT2D eigenvalue weighted by Crippen LogP contribution is 2.34. The topological polar surface area (TPSA) is 85.3 Å². The number of rotatable bonds is 6. The quantitative estimate of drug-likeness (QED) is 0.499. The lowest BCUT2D eigenvalue weighted by atomic mass is 10.2. The SMILES string of the molecule is CCOC(=O)c1ccc(N=C2S/C(=C/C(=O)OC)C(=O)N2Cc2ccccc2F)cc1. The zero-order valence-corrected chi connectivity index (χ0v) is 17.6. The van der Waals surface area contributed by atoms with Crippen LogP contribution in [0.25, 0.3) is 0 Å². The summed E-state index contributed by atoms with van der Waals surface area (Å²) in [5.41, 5.74) is 1.15. The van der Waals surface area contributed by atoms with Gasteiger partial charge in [0.25, 0.3) is 5.91 Å². The average Bonchev–Trinajstić information content (AvgIpc) is 3.04. The molecular weight excluding hydrogens is 423 g/mol. The Morgan fingerprint density at radius 3 is 2.52 bits per heavy atom. The summed E-state index contributed by atoms with van der Waals surface area (Å²) in [7, 11) is 1.21. The van der Waals surface area contributed by atoms with E-state index < -0.39 is 23.7 Å². The van der Waals surface area contributed by atoms with Crippen molar-refractivity contribution in [3.05, 3.63) is 76.5 Å². The maximum absolute atomic E-state index is 14.2. The van der Waals surface area contributed by atoms with Crippen LogP contribution in [0.4, 0.5) is 10.1 Å². The molecule has 31 heavy (non-hydrogen) atoms. The Morgan fingerprint density at radius 1 is 1.16 bits per heavy atom. The van der Waals surface area contributed by atoms with E-state index in [4.69, 9.17) is 4.74 Å². The van der Waals surface area contributed by atoms with Crippen LogP contribution in [0.1, 0.15) is 22.8 Å². The van der Waals surface area contributed by atoms with Gasteiger partial charge in [0.05, 0.1) is 36.4 Å². The van der Waals surface area contributed by atoms with Gasteiger partial charge >= 0.3 is 11.9 Å². The van der Waals surface area contributed by atoms with Crippen molar-refractivity contribution in [2.75, 3.05) is 13.7 Å².